The van der Waals surface area contributed by atoms with Crippen molar-refractivity contribution in [3.63, 3.8) is 0 Å². The molecule has 1 aliphatic heterocycles. The second-order valence-electron chi connectivity index (χ2n) is 6.67. The molecule has 0 amide bonds. The quantitative estimate of drug-likeness (QED) is 0.776. The molecule has 26 heavy (non-hydrogen) atoms. The lowest BCUT2D eigenvalue weighted by Crippen LogP contribution is -2.31. The van der Waals surface area contributed by atoms with Gasteiger partial charge < -0.3 is 23.7 Å². The van der Waals surface area contributed by atoms with Crippen molar-refractivity contribution in [1.29, 1.82) is 0 Å². The second-order valence-corrected chi connectivity index (χ2v) is 6.67. The molecule has 0 spiro atoms. The SMILES string of the molecule is COc1cc(CN(Cc2ccc(C)o2)C[C@@H]2CCCO2)cc(OC)c1O. The summed E-state index contributed by atoms with van der Waals surface area (Å²) in [5.74, 6) is 2.67. The van der Waals surface area contributed by atoms with Gasteiger partial charge in [-0.3, -0.25) is 4.90 Å². The van der Waals surface area contributed by atoms with Gasteiger partial charge in [-0.25, -0.2) is 0 Å². The van der Waals surface area contributed by atoms with Gasteiger partial charge in [0.15, 0.2) is 11.5 Å². The van der Waals surface area contributed by atoms with Gasteiger partial charge in [0, 0.05) is 19.7 Å². The summed E-state index contributed by atoms with van der Waals surface area (Å²) in [6.45, 7) is 4.97. The molecule has 0 bridgehead atoms. The number of aryl methyl sites for hydroxylation is 1. The molecule has 1 aliphatic rings. The van der Waals surface area contributed by atoms with Gasteiger partial charge in [0.2, 0.25) is 5.75 Å². The lowest BCUT2D eigenvalue weighted by molar-refractivity contribution is 0.0653. The molecule has 3 rings (SSSR count). The van der Waals surface area contributed by atoms with Gasteiger partial charge in [0.25, 0.3) is 0 Å². The molecule has 2 aromatic rings. The number of furan rings is 1. The van der Waals surface area contributed by atoms with E-state index in [0.29, 0.717) is 24.6 Å². The van der Waals surface area contributed by atoms with Crippen LogP contribution in [0.1, 0.15) is 29.9 Å². The number of hydrogen-bond acceptors (Lipinski definition) is 6. The van der Waals surface area contributed by atoms with Crippen LogP contribution in [0.4, 0.5) is 0 Å². The molecule has 6 heteroatoms. The van der Waals surface area contributed by atoms with Crippen molar-refractivity contribution >= 4 is 0 Å². The number of phenolic OH excluding ortho intramolecular Hbond substituents is 1. The van der Waals surface area contributed by atoms with Gasteiger partial charge in [0.05, 0.1) is 26.9 Å². The van der Waals surface area contributed by atoms with Crippen LogP contribution >= 0.6 is 0 Å². The average molecular weight is 361 g/mol. The Bertz CT molecular complexity index is 696. The molecule has 6 nitrogen and oxygen atoms in total. The van der Waals surface area contributed by atoms with Crippen molar-refractivity contribution in [2.24, 2.45) is 0 Å². The highest BCUT2D eigenvalue weighted by atomic mass is 16.5. The Labute approximate surface area is 154 Å². The van der Waals surface area contributed by atoms with Crippen LogP contribution in [0.25, 0.3) is 0 Å². The molecule has 1 N–H and O–H groups in total. The zero-order valence-corrected chi connectivity index (χ0v) is 15.7. The molecular formula is C20H27NO5. The number of phenols is 1. The third-order valence-corrected chi connectivity index (χ3v) is 4.61. The summed E-state index contributed by atoms with van der Waals surface area (Å²) in [6.07, 6.45) is 2.43. The molecule has 1 saturated heterocycles. The number of hydrogen-bond donors (Lipinski definition) is 1. The Morgan fingerprint density at radius 1 is 1.15 bits per heavy atom. The first-order chi connectivity index (χ1) is 12.6. The molecule has 1 atom stereocenters. The van der Waals surface area contributed by atoms with Crippen LogP contribution < -0.4 is 9.47 Å². The van der Waals surface area contributed by atoms with Crippen molar-refractivity contribution in [1.82, 2.24) is 4.90 Å². The summed E-state index contributed by atoms with van der Waals surface area (Å²) in [4.78, 5) is 2.29. The molecule has 1 aromatic heterocycles. The molecule has 142 valence electrons. The van der Waals surface area contributed by atoms with Crippen LogP contribution in [-0.2, 0) is 17.8 Å². The Morgan fingerprint density at radius 2 is 1.88 bits per heavy atom. The second kappa shape index (κ2) is 8.47. The number of aromatic hydroxyl groups is 1. The maximum atomic E-state index is 10.1. The van der Waals surface area contributed by atoms with Crippen molar-refractivity contribution in [2.45, 2.75) is 39.0 Å². The monoisotopic (exact) mass is 361 g/mol. The first kappa shape index (κ1) is 18.6. The Morgan fingerprint density at radius 3 is 2.42 bits per heavy atom. The van der Waals surface area contributed by atoms with E-state index in [1.165, 1.54) is 14.2 Å². The summed E-state index contributed by atoms with van der Waals surface area (Å²) in [7, 11) is 3.07. The summed E-state index contributed by atoms with van der Waals surface area (Å²) in [5.41, 5.74) is 0.998. The number of methoxy groups -OCH3 is 2. The first-order valence-electron chi connectivity index (χ1n) is 8.92. The van der Waals surface area contributed by atoms with Crippen molar-refractivity contribution < 1.29 is 23.7 Å². The van der Waals surface area contributed by atoms with Gasteiger partial charge in [-0.2, -0.15) is 0 Å². The van der Waals surface area contributed by atoms with E-state index < -0.39 is 0 Å². The van der Waals surface area contributed by atoms with Gasteiger partial charge in [-0.05, 0) is 49.6 Å². The maximum Gasteiger partial charge on any atom is 0.200 e. The Kier molecular flexibility index (Phi) is 6.06. The van der Waals surface area contributed by atoms with E-state index in [0.717, 1.165) is 43.1 Å². The predicted octanol–water partition coefficient (Wildman–Crippen LogP) is 3.49. The van der Waals surface area contributed by atoms with Crippen LogP contribution in [0.2, 0.25) is 0 Å². The highest BCUT2D eigenvalue weighted by molar-refractivity contribution is 5.52. The minimum absolute atomic E-state index is 0.0195. The maximum absolute atomic E-state index is 10.1. The van der Waals surface area contributed by atoms with Crippen LogP contribution in [0, 0.1) is 6.92 Å². The first-order valence-corrected chi connectivity index (χ1v) is 8.92. The Hall–Kier alpha value is -2.18. The molecule has 0 saturated carbocycles. The Balaban J connectivity index is 1.79. The smallest absolute Gasteiger partial charge is 0.200 e. The van der Waals surface area contributed by atoms with Gasteiger partial charge >= 0.3 is 0 Å². The number of rotatable bonds is 8. The van der Waals surface area contributed by atoms with Crippen LogP contribution in [0.5, 0.6) is 17.2 Å². The standard InChI is InChI=1S/C20H27NO5/c1-14-6-7-17(26-14)13-21(12-16-5-4-8-25-16)11-15-9-18(23-2)20(22)19(10-15)24-3/h6-7,9-10,16,22H,4-5,8,11-13H2,1-3H3/t16-/m0/s1. The summed E-state index contributed by atoms with van der Waals surface area (Å²) in [6, 6.07) is 7.67. The van der Waals surface area contributed by atoms with Crippen molar-refractivity contribution in [3.8, 4) is 17.2 Å². The number of ether oxygens (including phenoxy) is 3. The fourth-order valence-corrected chi connectivity index (χ4v) is 3.35. The van der Waals surface area contributed by atoms with Crippen LogP contribution in [0.3, 0.4) is 0 Å². The molecule has 1 fully saturated rings. The van der Waals surface area contributed by atoms with Gasteiger partial charge in [-0.1, -0.05) is 0 Å². The zero-order chi connectivity index (χ0) is 18.5. The number of benzene rings is 1. The lowest BCUT2D eigenvalue weighted by Gasteiger charge is -2.25. The minimum atomic E-state index is 0.0195. The van der Waals surface area contributed by atoms with E-state index in [-0.39, 0.29) is 11.9 Å². The minimum Gasteiger partial charge on any atom is -0.502 e. The van der Waals surface area contributed by atoms with E-state index in [9.17, 15) is 5.11 Å². The van der Waals surface area contributed by atoms with Crippen molar-refractivity contribution in [3.05, 3.63) is 41.3 Å². The van der Waals surface area contributed by atoms with E-state index >= 15 is 0 Å². The van der Waals surface area contributed by atoms with Crippen molar-refractivity contribution in [2.75, 3.05) is 27.4 Å². The molecule has 0 unspecified atom stereocenters. The topological polar surface area (TPSA) is 64.3 Å². The highest BCUT2D eigenvalue weighted by Gasteiger charge is 2.21. The lowest BCUT2D eigenvalue weighted by atomic mass is 10.1. The van der Waals surface area contributed by atoms with Crippen LogP contribution in [-0.4, -0.2) is 43.5 Å². The van der Waals surface area contributed by atoms with E-state index in [2.05, 4.69) is 4.90 Å². The largest absolute Gasteiger partial charge is 0.502 e. The summed E-state index contributed by atoms with van der Waals surface area (Å²) in [5, 5.41) is 10.1. The molecule has 0 radical (unpaired) electrons. The third-order valence-electron chi connectivity index (χ3n) is 4.61. The average Bonchev–Trinajstić information content (AvgIpc) is 3.28. The summed E-state index contributed by atoms with van der Waals surface area (Å²) < 4.78 is 22.1. The zero-order valence-electron chi connectivity index (χ0n) is 15.7. The van der Waals surface area contributed by atoms with Gasteiger partial charge in [0.1, 0.15) is 11.5 Å². The van der Waals surface area contributed by atoms with E-state index in [4.69, 9.17) is 18.6 Å². The van der Waals surface area contributed by atoms with E-state index in [1.807, 2.05) is 31.2 Å². The fraction of sp³-hybridized carbons (Fsp3) is 0.500. The summed E-state index contributed by atoms with van der Waals surface area (Å²) >= 11 is 0. The van der Waals surface area contributed by atoms with Gasteiger partial charge in [-0.15, -0.1) is 0 Å². The third kappa shape index (κ3) is 4.51. The fourth-order valence-electron chi connectivity index (χ4n) is 3.35. The highest BCUT2D eigenvalue weighted by Crippen LogP contribution is 2.37. The predicted molar refractivity (Wildman–Crippen MR) is 97.7 cm³/mol. The van der Waals surface area contributed by atoms with E-state index in [1.54, 1.807) is 0 Å². The normalized spacial score (nSPS) is 17.0. The molecule has 2 heterocycles. The molecule has 0 aliphatic carbocycles. The van der Waals surface area contributed by atoms with Crippen LogP contribution in [0.15, 0.2) is 28.7 Å². The number of nitrogens with zero attached hydrogens (tertiary/aromatic N) is 1. The molecule has 1 aromatic carbocycles. The molecular weight excluding hydrogens is 334 g/mol.